The Labute approximate surface area is 162 Å². The zero-order chi connectivity index (χ0) is 18.8. The Morgan fingerprint density at radius 1 is 1.26 bits per heavy atom. The number of carbonyl (C=O) groups is 2. The lowest BCUT2D eigenvalue weighted by molar-refractivity contribution is -0.125. The second-order valence-electron chi connectivity index (χ2n) is 7.26. The average Bonchev–Trinajstić information content (AvgIpc) is 3.13. The average molecular weight is 385 g/mol. The predicted molar refractivity (Wildman–Crippen MR) is 104 cm³/mol. The third-order valence-electron chi connectivity index (χ3n) is 5.32. The number of carbonyl (C=O) groups excluding carboxylic acids is 2. The molecule has 2 aromatic rings. The highest BCUT2D eigenvalue weighted by atomic mass is 32.1. The van der Waals surface area contributed by atoms with E-state index in [0.29, 0.717) is 17.4 Å². The van der Waals surface area contributed by atoms with Gasteiger partial charge in [-0.1, -0.05) is 31.9 Å². The fourth-order valence-corrected chi connectivity index (χ4v) is 4.87. The van der Waals surface area contributed by atoms with Gasteiger partial charge in [-0.25, -0.2) is 4.79 Å². The molecule has 1 N–H and O–H groups in total. The summed E-state index contributed by atoms with van der Waals surface area (Å²) in [4.78, 5) is 26.1. The number of amides is 1. The molecule has 0 spiro atoms. The Hall–Kier alpha value is -2.34. The highest BCUT2D eigenvalue weighted by Crippen LogP contribution is 2.42. The van der Waals surface area contributed by atoms with Gasteiger partial charge in [-0.15, -0.1) is 11.3 Å². The summed E-state index contributed by atoms with van der Waals surface area (Å²) in [5.41, 5.74) is 1.97. The molecule has 0 radical (unpaired) electrons. The molecule has 1 amide bonds. The number of nitrogens with one attached hydrogen (secondary N) is 1. The van der Waals surface area contributed by atoms with Crippen molar-refractivity contribution in [3.63, 3.8) is 0 Å². The largest absolute Gasteiger partial charge is 0.488 e. The molecule has 2 aliphatic rings. The SMILES string of the molecule is C[C@H]1CCCC[C@@H]1NC(=O)COC(=O)c1cc2c(s1)-c1ccccc1OC2. The summed E-state index contributed by atoms with van der Waals surface area (Å²) >= 11 is 1.39. The summed E-state index contributed by atoms with van der Waals surface area (Å²) in [5.74, 6) is 0.617. The third-order valence-corrected chi connectivity index (χ3v) is 6.51. The molecule has 1 aromatic heterocycles. The van der Waals surface area contributed by atoms with E-state index in [0.717, 1.165) is 41.0 Å². The van der Waals surface area contributed by atoms with Crippen molar-refractivity contribution in [3.05, 3.63) is 40.8 Å². The highest BCUT2D eigenvalue weighted by molar-refractivity contribution is 7.17. The fraction of sp³-hybridized carbons (Fsp3) is 0.429. The van der Waals surface area contributed by atoms with Gasteiger partial charge in [0.05, 0.1) is 0 Å². The highest BCUT2D eigenvalue weighted by Gasteiger charge is 2.25. The predicted octanol–water partition coefficient (Wildman–Crippen LogP) is 4.16. The first kappa shape index (κ1) is 18.0. The third kappa shape index (κ3) is 3.86. The molecule has 2 heterocycles. The number of ether oxygens (including phenoxy) is 2. The van der Waals surface area contributed by atoms with E-state index in [-0.39, 0.29) is 18.6 Å². The maximum Gasteiger partial charge on any atom is 0.348 e. The molecule has 27 heavy (non-hydrogen) atoms. The van der Waals surface area contributed by atoms with Gasteiger partial charge in [0.25, 0.3) is 5.91 Å². The molecule has 2 atom stereocenters. The monoisotopic (exact) mass is 385 g/mol. The molecule has 142 valence electrons. The second-order valence-corrected chi connectivity index (χ2v) is 8.31. The number of hydrogen-bond acceptors (Lipinski definition) is 5. The lowest BCUT2D eigenvalue weighted by Gasteiger charge is -2.29. The van der Waals surface area contributed by atoms with Gasteiger partial charge >= 0.3 is 5.97 Å². The van der Waals surface area contributed by atoms with Crippen LogP contribution in [0.15, 0.2) is 30.3 Å². The lowest BCUT2D eigenvalue weighted by Crippen LogP contribution is -2.42. The number of para-hydroxylation sites is 1. The maximum absolute atomic E-state index is 12.4. The van der Waals surface area contributed by atoms with Crippen LogP contribution in [0.3, 0.4) is 0 Å². The van der Waals surface area contributed by atoms with Crippen molar-refractivity contribution in [2.45, 2.75) is 45.3 Å². The summed E-state index contributed by atoms with van der Waals surface area (Å²) in [5, 5.41) is 3.00. The van der Waals surface area contributed by atoms with E-state index in [1.54, 1.807) is 6.07 Å². The van der Waals surface area contributed by atoms with Crippen LogP contribution in [0, 0.1) is 5.92 Å². The van der Waals surface area contributed by atoms with E-state index in [1.165, 1.54) is 17.8 Å². The fourth-order valence-electron chi connectivity index (χ4n) is 3.78. The van der Waals surface area contributed by atoms with Crippen LogP contribution < -0.4 is 10.1 Å². The first-order valence-corrected chi connectivity index (χ1v) is 10.2. The van der Waals surface area contributed by atoms with Crippen molar-refractivity contribution in [1.82, 2.24) is 5.32 Å². The van der Waals surface area contributed by atoms with Gasteiger partial charge in [-0.3, -0.25) is 4.79 Å². The Morgan fingerprint density at radius 3 is 2.93 bits per heavy atom. The van der Waals surface area contributed by atoms with Crippen molar-refractivity contribution >= 4 is 23.2 Å². The molecule has 6 heteroatoms. The smallest absolute Gasteiger partial charge is 0.348 e. The number of fused-ring (bicyclic) bond motifs is 3. The van der Waals surface area contributed by atoms with Crippen molar-refractivity contribution in [2.24, 2.45) is 5.92 Å². The number of hydrogen-bond donors (Lipinski definition) is 1. The van der Waals surface area contributed by atoms with Crippen molar-refractivity contribution in [2.75, 3.05) is 6.61 Å². The molecular formula is C21H23NO4S. The first-order chi connectivity index (χ1) is 13.1. The van der Waals surface area contributed by atoms with Crippen LogP contribution in [0.1, 0.15) is 47.8 Å². The van der Waals surface area contributed by atoms with Crippen molar-refractivity contribution in [3.8, 4) is 16.2 Å². The molecular weight excluding hydrogens is 362 g/mol. The molecule has 1 saturated carbocycles. The van der Waals surface area contributed by atoms with Crippen LogP contribution in [-0.4, -0.2) is 24.5 Å². The van der Waals surface area contributed by atoms with Crippen LogP contribution >= 0.6 is 11.3 Å². The van der Waals surface area contributed by atoms with Gasteiger partial charge < -0.3 is 14.8 Å². The quantitative estimate of drug-likeness (QED) is 0.803. The Kier molecular flexibility index (Phi) is 5.16. The zero-order valence-electron chi connectivity index (χ0n) is 15.3. The van der Waals surface area contributed by atoms with E-state index in [9.17, 15) is 9.59 Å². The molecule has 0 saturated heterocycles. The Bertz CT molecular complexity index is 860. The van der Waals surface area contributed by atoms with E-state index < -0.39 is 5.97 Å². The Balaban J connectivity index is 1.37. The molecule has 0 bridgehead atoms. The molecule has 1 fully saturated rings. The van der Waals surface area contributed by atoms with Gasteiger partial charge in [0.1, 0.15) is 17.2 Å². The van der Waals surface area contributed by atoms with E-state index in [1.807, 2.05) is 24.3 Å². The molecule has 1 aliphatic heterocycles. The molecule has 1 aliphatic carbocycles. The van der Waals surface area contributed by atoms with Gasteiger partial charge in [-0.05, 0) is 37.0 Å². The molecule has 4 rings (SSSR count). The summed E-state index contributed by atoms with van der Waals surface area (Å²) in [6.45, 7) is 2.36. The Morgan fingerprint density at radius 2 is 2.07 bits per heavy atom. The van der Waals surface area contributed by atoms with Crippen LogP contribution in [-0.2, 0) is 16.1 Å². The van der Waals surface area contributed by atoms with Crippen LogP contribution in [0.5, 0.6) is 5.75 Å². The standard InChI is InChI=1S/C21H23NO4S/c1-13-6-2-4-8-16(13)22-19(23)12-26-21(24)18-10-14-11-25-17-9-5-3-7-15(17)20(14)27-18/h3,5,7,9-10,13,16H,2,4,6,8,11-12H2,1H3,(H,22,23)/t13-,16-/m0/s1. The first-order valence-electron chi connectivity index (χ1n) is 9.43. The van der Waals surface area contributed by atoms with Crippen LogP contribution in [0.25, 0.3) is 10.4 Å². The minimum absolute atomic E-state index is 0.188. The van der Waals surface area contributed by atoms with Crippen LogP contribution in [0.2, 0.25) is 0 Å². The van der Waals surface area contributed by atoms with E-state index >= 15 is 0 Å². The van der Waals surface area contributed by atoms with Crippen molar-refractivity contribution in [1.29, 1.82) is 0 Å². The number of rotatable bonds is 4. The van der Waals surface area contributed by atoms with Crippen molar-refractivity contribution < 1.29 is 19.1 Å². The van der Waals surface area contributed by atoms with E-state index in [4.69, 9.17) is 9.47 Å². The van der Waals surface area contributed by atoms with Gasteiger partial charge in [0.15, 0.2) is 6.61 Å². The number of esters is 1. The topological polar surface area (TPSA) is 64.6 Å². The minimum Gasteiger partial charge on any atom is -0.488 e. The number of benzene rings is 1. The normalized spacial score (nSPS) is 20.8. The molecule has 0 unspecified atom stereocenters. The zero-order valence-corrected chi connectivity index (χ0v) is 16.1. The van der Waals surface area contributed by atoms with E-state index in [2.05, 4.69) is 12.2 Å². The minimum atomic E-state index is -0.460. The molecule has 1 aromatic carbocycles. The van der Waals surface area contributed by atoms with Gasteiger partial charge in [-0.2, -0.15) is 0 Å². The summed E-state index contributed by atoms with van der Waals surface area (Å²) in [7, 11) is 0. The summed E-state index contributed by atoms with van der Waals surface area (Å²) in [6, 6.07) is 9.78. The maximum atomic E-state index is 12.4. The number of thiophene rings is 1. The van der Waals surface area contributed by atoms with Gasteiger partial charge in [0.2, 0.25) is 0 Å². The lowest BCUT2D eigenvalue weighted by atomic mass is 9.86. The van der Waals surface area contributed by atoms with Gasteiger partial charge in [0, 0.05) is 22.0 Å². The molecule has 5 nitrogen and oxygen atoms in total. The second kappa shape index (κ2) is 7.72. The summed E-state index contributed by atoms with van der Waals surface area (Å²) in [6.07, 6.45) is 4.49. The summed E-state index contributed by atoms with van der Waals surface area (Å²) < 4.78 is 11.0. The van der Waals surface area contributed by atoms with Crippen LogP contribution in [0.4, 0.5) is 0 Å².